The van der Waals surface area contributed by atoms with Crippen LogP contribution in [-0.2, 0) is 6.54 Å². The largest absolute Gasteiger partial charge is 0.454 e. The molecule has 1 radical (unpaired) electrons. The Balaban J connectivity index is 1.67. The molecule has 2 aliphatic heterocycles. The predicted molar refractivity (Wildman–Crippen MR) is 64.3 cm³/mol. The molecule has 0 bridgehead atoms. The van der Waals surface area contributed by atoms with E-state index in [0.717, 1.165) is 44.2 Å². The van der Waals surface area contributed by atoms with Crippen molar-refractivity contribution in [2.45, 2.75) is 13.0 Å². The van der Waals surface area contributed by atoms with E-state index in [0.29, 0.717) is 6.79 Å². The summed E-state index contributed by atoms with van der Waals surface area (Å²) in [5, 5.41) is 4.43. The van der Waals surface area contributed by atoms with E-state index >= 15 is 0 Å². The van der Waals surface area contributed by atoms with Gasteiger partial charge in [-0.05, 0) is 30.7 Å². The lowest BCUT2D eigenvalue weighted by molar-refractivity contribution is 0.174. The molecule has 1 fully saturated rings. The van der Waals surface area contributed by atoms with Crippen LogP contribution < -0.4 is 14.8 Å². The van der Waals surface area contributed by atoms with Crippen molar-refractivity contribution >= 4 is 0 Å². The number of benzene rings is 1. The standard InChI is InChI=1S/C13H17N2O2/c1-4-14-5-7-15(6-1)9-11-2-3-12-13(8-11)17-10-16-12/h2-3,8H,1,4-7,9-10H2. The molecule has 1 aromatic carbocycles. The fourth-order valence-corrected chi connectivity index (χ4v) is 2.30. The number of fused-ring (bicyclic) bond motifs is 1. The van der Waals surface area contributed by atoms with E-state index in [1.165, 1.54) is 12.0 Å². The molecule has 2 aliphatic rings. The van der Waals surface area contributed by atoms with Crippen LogP contribution in [0.1, 0.15) is 12.0 Å². The van der Waals surface area contributed by atoms with E-state index in [1.807, 2.05) is 6.07 Å². The third-order valence-electron chi connectivity index (χ3n) is 3.21. The zero-order valence-electron chi connectivity index (χ0n) is 9.89. The number of nitrogens with zero attached hydrogens (tertiary/aromatic N) is 2. The predicted octanol–water partition coefficient (Wildman–Crippen LogP) is 1.23. The Kier molecular flexibility index (Phi) is 3.16. The highest BCUT2D eigenvalue weighted by Gasteiger charge is 2.15. The van der Waals surface area contributed by atoms with Crippen LogP contribution in [-0.4, -0.2) is 37.9 Å². The maximum atomic E-state index is 5.39. The van der Waals surface area contributed by atoms with E-state index < -0.39 is 0 Å². The Morgan fingerprint density at radius 3 is 3.06 bits per heavy atom. The normalized spacial score (nSPS) is 20.2. The second-order valence-corrected chi connectivity index (χ2v) is 4.49. The lowest BCUT2D eigenvalue weighted by atomic mass is 10.2. The Morgan fingerprint density at radius 2 is 2.06 bits per heavy atom. The molecule has 0 spiro atoms. The monoisotopic (exact) mass is 233 g/mol. The molecule has 0 atom stereocenters. The maximum Gasteiger partial charge on any atom is 0.231 e. The van der Waals surface area contributed by atoms with Crippen molar-refractivity contribution < 1.29 is 9.47 Å². The van der Waals surface area contributed by atoms with Crippen LogP contribution in [0.4, 0.5) is 0 Å². The van der Waals surface area contributed by atoms with Gasteiger partial charge in [-0.3, -0.25) is 4.90 Å². The van der Waals surface area contributed by atoms with Crippen molar-refractivity contribution in [3.8, 4) is 11.5 Å². The van der Waals surface area contributed by atoms with Gasteiger partial charge in [-0.25, -0.2) is 5.32 Å². The molecule has 0 amide bonds. The maximum absolute atomic E-state index is 5.39. The van der Waals surface area contributed by atoms with Crippen molar-refractivity contribution in [3.63, 3.8) is 0 Å². The van der Waals surface area contributed by atoms with Crippen LogP contribution in [0.25, 0.3) is 0 Å². The summed E-state index contributed by atoms with van der Waals surface area (Å²) >= 11 is 0. The van der Waals surface area contributed by atoms with E-state index in [9.17, 15) is 0 Å². The number of hydrogen-bond acceptors (Lipinski definition) is 3. The van der Waals surface area contributed by atoms with Gasteiger partial charge in [-0.2, -0.15) is 0 Å². The minimum absolute atomic E-state index is 0.349. The first kappa shape index (κ1) is 10.9. The quantitative estimate of drug-likeness (QED) is 0.770. The van der Waals surface area contributed by atoms with Gasteiger partial charge >= 0.3 is 0 Å². The van der Waals surface area contributed by atoms with Crippen LogP contribution in [0.2, 0.25) is 0 Å². The number of ether oxygens (including phenoxy) is 2. The van der Waals surface area contributed by atoms with Gasteiger partial charge < -0.3 is 9.47 Å². The average molecular weight is 233 g/mol. The van der Waals surface area contributed by atoms with Gasteiger partial charge in [0.2, 0.25) is 6.79 Å². The van der Waals surface area contributed by atoms with Crippen molar-refractivity contribution in [1.29, 1.82) is 0 Å². The topological polar surface area (TPSA) is 35.8 Å². The Bertz CT molecular complexity index is 387. The van der Waals surface area contributed by atoms with Gasteiger partial charge in [-0.15, -0.1) is 0 Å². The van der Waals surface area contributed by atoms with Gasteiger partial charge in [-0.1, -0.05) is 6.07 Å². The molecule has 91 valence electrons. The van der Waals surface area contributed by atoms with E-state index in [4.69, 9.17) is 9.47 Å². The summed E-state index contributed by atoms with van der Waals surface area (Å²) < 4.78 is 10.7. The lowest BCUT2D eigenvalue weighted by Crippen LogP contribution is -2.26. The fraction of sp³-hybridized carbons (Fsp3) is 0.538. The highest BCUT2D eigenvalue weighted by Crippen LogP contribution is 2.32. The van der Waals surface area contributed by atoms with Gasteiger partial charge in [0.25, 0.3) is 0 Å². The molecule has 1 saturated heterocycles. The molecule has 0 aromatic heterocycles. The molecule has 4 heteroatoms. The van der Waals surface area contributed by atoms with Crippen molar-refractivity contribution in [2.24, 2.45) is 0 Å². The van der Waals surface area contributed by atoms with Crippen LogP contribution in [0.15, 0.2) is 18.2 Å². The lowest BCUT2D eigenvalue weighted by Gasteiger charge is -2.19. The Morgan fingerprint density at radius 1 is 1.12 bits per heavy atom. The summed E-state index contributed by atoms with van der Waals surface area (Å²) in [6.45, 7) is 5.50. The molecule has 17 heavy (non-hydrogen) atoms. The highest BCUT2D eigenvalue weighted by atomic mass is 16.7. The van der Waals surface area contributed by atoms with Gasteiger partial charge in [0.15, 0.2) is 11.5 Å². The van der Waals surface area contributed by atoms with Gasteiger partial charge in [0.1, 0.15) is 0 Å². The summed E-state index contributed by atoms with van der Waals surface area (Å²) in [5.41, 5.74) is 1.29. The van der Waals surface area contributed by atoms with Crippen LogP contribution >= 0.6 is 0 Å². The number of hydrogen-bond donors (Lipinski definition) is 0. The van der Waals surface area contributed by atoms with Gasteiger partial charge in [0.05, 0.1) is 0 Å². The van der Waals surface area contributed by atoms with Crippen LogP contribution in [0.5, 0.6) is 11.5 Å². The zero-order chi connectivity index (χ0) is 11.5. The number of rotatable bonds is 2. The summed E-state index contributed by atoms with van der Waals surface area (Å²) in [7, 11) is 0. The average Bonchev–Trinajstić information content (AvgIpc) is 2.65. The molecule has 4 nitrogen and oxygen atoms in total. The molecule has 1 aromatic rings. The van der Waals surface area contributed by atoms with E-state index in [1.54, 1.807) is 0 Å². The molecular formula is C13H17N2O2. The molecule has 2 heterocycles. The van der Waals surface area contributed by atoms with Crippen LogP contribution in [0.3, 0.4) is 0 Å². The third kappa shape index (κ3) is 2.53. The Labute approximate surface area is 102 Å². The first-order valence-electron chi connectivity index (χ1n) is 6.16. The van der Waals surface area contributed by atoms with Crippen LogP contribution in [0, 0.1) is 0 Å². The minimum atomic E-state index is 0.349. The summed E-state index contributed by atoms with van der Waals surface area (Å²) in [6, 6.07) is 6.21. The smallest absolute Gasteiger partial charge is 0.231 e. The molecule has 0 saturated carbocycles. The molecular weight excluding hydrogens is 216 g/mol. The highest BCUT2D eigenvalue weighted by molar-refractivity contribution is 5.44. The molecule has 0 aliphatic carbocycles. The summed E-state index contributed by atoms with van der Waals surface area (Å²) in [4.78, 5) is 2.45. The first-order chi connectivity index (χ1) is 8.42. The second-order valence-electron chi connectivity index (χ2n) is 4.49. The van der Waals surface area contributed by atoms with E-state index in [2.05, 4.69) is 22.3 Å². The summed E-state index contributed by atoms with van der Waals surface area (Å²) in [6.07, 6.45) is 1.17. The fourth-order valence-electron chi connectivity index (χ4n) is 2.30. The van der Waals surface area contributed by atoms with Gasteiger partial charge in [0, 0.05) is 26.2 Å². The van der Waals surface area contributed by atoms with E-state index in [-0.39, 0.29) is 0 Å². The van der Waals surface area contributed by atoms with Crippen molar-refractivity contribution in [3.05, 3.63) is 23.8 Å². The molecule has 0 N–H and O–H groups in total. The second kappa shape index (κ2) is 4.94. The molecule has 0 unspecified atom stereocenters. The minimum Gasteiger partial charge on any atom is -0.454 e. The first-order valence-corrected chi connectivity index (χ1v) is 6.16. The Hall–Kier alpha value is -1.26. The molecule has 3 rings (SSSR count). The SMILES string of the molecule is c1cc2c(cc1CN1CCC[N]CC1)OCO2. The summed E-state index contributed by atoms with van der Waals surface area (Å²) in [5.74, 6) is 1.74. The third-order valence-corrected chi connectivity index (χ3v) is 3.21. The van der Waals surface area contributed by atoms with Crippen molar-refractivity contribution in [1.82, 2.24) is 10.2 Å². The zero-order valence-corrected chi connectivity index (χ0v) is 9.89. The van der Waals surface area contributed by atoms with Crippen molar-refractivity contribution in [2.75, 3.05) is 33.0 Å².